The first kappa shape index (κ1) is 21.5. The van der Waals surface area contributed by atoms with Crippen molar-refractivity contribution >= 4 is 17.7 Å². The van der Waals surface area contributed by atoms with Gasteiger partial charge in [-0.3, -0.25) is 4.79 Å². The first-order valence-corrected chi connectivity index (χ1v) is 11.8. The van der Waals surface area contributed by atoms with Gasteiger partial charge in [0.05, 0.1) is 17.1 Å². The Morgan fingerprint density at radius 3 is 2.64 bits per heavy atom. The Bertz CT molecular complexity index is 1180. The number of nitrogens with zero attached hydrogens (tertiary/aromatic N) is 2. The molecule has 1 unspecified atom stereocenters. The minimum absolute atomic E-state index is 0.0517. The Morgan fingerprint density at radius 1 is 1.06 bits per heavy atom. The third-order valence-corrected chi connectivity index (χ3v) is 6.63. The number of carbonyl (C=O) groups excluding carboxylic acids is 1. The lowest BCUT2D eigenvalue weighted by atomic mass is 10.1. The van der Waals surface area contributed by atoms with Crippen molar-refractivity contribution in [3.05, 3.63) is 48.2 Å². The number of amides is 1. The van der Waals surface area contributed by atoms with Crippen LogP contribution in [0.3, 0.4) is 0 Å². The molecule has 0 saturated carbocycles. The Morgan fingerprint density at radius 2 is 1.79 bits per heavy atom. The molecule has 172 valence electrons. The summed E-state index contributed by atoms with van der Waals surface area (Å²) in [6.45, 7) is 6.45. The van der Waals surface area contributed by atoms with Gasteiger partial charge in [-0.2, -0.15) is 0 Å². The fourth-order valence-corrected chi connectivity index (χ4v) is 4.76. The van der Waals surface area contributed by atoms with Crippen LogP contribution >= 0.6 is 11.8 Å². The molecule has 1 aromatic heterocycles. The van der Waals surface area contributed by atoms with Crippen LogP contribution in [0.25, 0.3) is 11.3 Å². The summed E-state index contributed by atoms with van der Waals surface area (Å²) in [6.07, 6.45) is 1.84. The summed E-state index contributed by atoms with van der Waals surface area (Å²) in [7, 11) is 0. The summed E-state index contributed by atoms with van der Waals surface area (Å²) < 4.78 is 24.2. The molecule has 33 heavy (non-hydrogen) atoms. The lowest BCUT2D eigenvalue weighted by Gasteiger charge is -2.19. The van der Waals surface area contributed by atoms with Crippen LogP contribution in [0.4, 0.5) is 0 Å². The second kappa shape index (κ2) is 9.27. The average Bonchev–Trinajstić information content (AvgIpc) is 3.48. The number of fused-ring (bicyclic) bond motifs is 2. The molecule has 0 aliphatic carbocycles. The first-order chi connectivity index (χ1) is 16.1. The van der Waals surface area contributed by atoms with Crippen LogP contribution < -0.4 is 24.3 Å². The Hall–Kier alpha value is -3.33. The maximum atomic E-state index is 12.7. The van der Waals surface area contributed by atoms with Crippen molar-refractivity contribution < 1.29 is 23.7 Å². The molecule has 1 amide bonds. The molecule has 8 nitrogen and oxygen atoms in total. The van der Waals surface area contributed by atoms with E-state index in [9.17, 15) is 4.79 Å². The van der Waals surface area contributed by atoms with E-state index in [2.05, 4.69) is 21.8 Å². The monoisotopic (exact) mass is 467 g/mol. The van der Waals surface area contributed by atoms with Crippen molar-refractivity contribution in [1.29, 1.82) is 0 Å². The minimum Gasteiger partial charge on any atom is -0.486 e. The van der Waals surface area contributed by atoms with Crippen LogP contribution in [-0.2, 0) is 17.9 Å². The zero-order valence-corrected chi connectivity index (χ0v) is 19.3. The summed E-state index contributed by atoms with van der Waals surface area (Å²) in [6, 6.07) is 11.6. The van der Waals surface area contributed by atoms with Gasteiger partial charge in [0.15, 0.2) is 28.2 Å². The molecule has 3 aromatic rings. The number of thioether (sulfide) groups is 1. The second-order valence-corrected chi connectivity index (χ2v) is 9.00. The summed E-state index contributed by atoms with van der Waals surface area (Å²) in [5.74, 6) is 2.89. The molecule has 5 rings (SSSR count). The summed E-state index contributed by atoms with van der Waals surface area (Å²) in [5.41, 5.74) is 2.94. The van der Waals surface area contributed by atoms with E-state index in [0.717, 1.165) is 45.8 Å². The molecule has 3 heterocycles. The molecule has 1 atom stereocenters. The quantitative estimate of drug-likeness (QED) is 0.528. The normalized spacial score (nSPS) is 14.7. The van der Waals surface area contributed by atoms with E-state index in [1.807, 2.05) is 49.5 Å². The standard InChI is InChI=1S/C24H25N3O5S/c1-3-27-18(17-5-7-19-22(11-17)30-9-8-29-19)13-26-24(27)33-15(2)23(28)25-12-16-4-6-20-21(10-16)32-14-31-20/h4-7,10-11,13,15H,3,8-9,12,14H2,1-2H3,(H,25,28). The maximum absolute atomic E-state index is 12.7. The van der Waals surface area contributed by atoms with Gasteiger partial charge in [-0.15, -0.1) is 0 Å². The van der Waals surface area contributed by atoms with Crippen LogP contribution in [0.5, 0.6) is 23.0 Å². The van der Waals surface area contributed by atoms with Crippen LogP contribution in [0.1, 0.15) is 19.4 Å². The lowest BCUT2D eigenvalue weighted by molar-refractivity contribution is -0.120. The van der Waals surface area contributed by atoms with E-state index in [0.29, 0.717) is 25.5 Å². The van der Waals surface area contributed by atoms with Gasteiger partial charge in [-0.25, -0.2) is 4.98 Å². The largest absolute Gasteiger partial charge is 0.486 e. The fraction of sp³-hybridized carbons (Fsp3) is 0.333. The van der Waals surface area contributed by atoms with Crippen molar-refractivity contribution in [3.8, 4) is 34.3 Å². The highest BCUT2D eigenvalue weighted by Crippen LogP contribution is 2.36. The number of hydrogen-bond acceptors (Lipinski definition) is 7. The Labute approximate surface area is 196 Å². The highest BCUT2D eigenvalue weighted by molar-refractivity contribution is 8.00. The van der Waals surface area contributed by atoms with Crippen LogP contribution in [0.15, 0.2) is 47.8 Å². The molecule has 0 radical (unpaired) electrons. The molecule has 0 bridgehead atoms. The van der Waals surface area contributed by atoms with E-state index in [-0.39, 0.29) is 18.0 Å². The maximum Gasteiger partial charge on any atom is 0.233 e. The number of benzene rings is 2. The highest BCUT2D eigenvalue weighted by atomic mass is 32.2. The zero-order chi connectivity index (χ0) is 22.8. The molecule has 2 aromatic carbocycles. The Kier molecular flexibility index (Phi) is 6.04. The van der Waals surface area contributed by atoms with Gasteiger partial charge in [0.2, 0.25) is 12.7 Å². The molecule has 0 spiro atoms. The molecule has 9 heteroatoms. The Balaban J connectivity index is 1.25. The van der Waals surface area contributed by atoms with E-state index in [1.54, 1.807) is 0 Å². The van der Waals surface area contributed by atoms with Crippen molar-refractivity contribution in [2.75, 3.05) is 20.0 Å². The molecule has 2 aliphatic rings. The van der Waals surface area contributed by atoms with E-state index in [1.165, 1.54) is 11.8 Å². The lowest BCUT2D eigenvalue weighted by Crippen LogP contribution is -2.30. The number of imidazole rings is 1. The predicted octanol–water partition coefficient (Wildman–Crippen LogP) is 3.87. The fourth-order valence-electron chi connectivity index (χ4n) is 3.79. The van der Waals surface area contributed by atoms with Crippen molar-refractivity contribution in [2.24, 2.45) is 0 Å². The van der Waals surface area contributed by atoms with Gasteiger partial charge in [0.25, 0.3) is 0 Å². The number of nitrogens with one attached hydrogen (secondary N) is 1. The summed E-state index contributed by atoms with van der Waals surface area (Å²) in [5, 5.41) is 3.49. The summed E-state index contributed by atoms with van der Waals surface area (Å²) in [4.78, 5) is 17.3. The van der Waals surface area contributed by atoms with Gasteiger partial charge < -0.3 is 28.8 Å². The van der Waals surface area contributed by atoms with E-state index in [4.69, 9.17) is 18.9 Å². The van der Waals surface area contributed by atoms with E-state index >= 15 is 0 Å². The molecule has 1 N–H and O–H groups in total. The van der Waals surface area contributed by atoms with Gasteiger partial charge in [-0.05, 0) is 49.7 Å². The average molecular weight is 468 g/mol. The first-order valence-electron chi connectivity index (χ1n) is 10.9. The predicted molar refractivity (Wildman–Crippen MR) is 124 cm³/mol. The van der Waals surface area contributed by atoms with Crippen molar-refractivity contribution in [1.82, 2.24) is 14.9 Å². The molecule has 0 fully saturated rings. The number of rotatable bonds is 7. The van der Waals surface area contributed by atoms with Gasteiger partial charge in [-0.1, -0.05) is 17.8 Å². The molecular formula is C24H25N3O5S. The number of hydrogen-bond donors (Lipinski definition) is 1. The second-order valence-electron chi connectivity index (χ2n) is 7.69. The van der Waals surface area contributed by atoms with Crippen LogP contribution in [-0.4, -0.2) is 40.7 Å². The van der Waals surface area contributed by atoms with Crippen molar-refractivity contribution in [2.45, 2.75) is 37.3 Å². The van der Waals surface area contributed by atoms with Crippen molar-refractivity contribution in [3.63, 3.8) is 0 Å². The third-order valence-electron chi connectivity index (χ3n) is 5.53. The number of carbonyl (C=O) groups is 1. The van der Waals surface area contributed by atoms with Crippen LogP contribution in [0, 0.1) is 0 Å². The number of aromatic nitrogens is 2. The van der Waals surface area contributed by atoms with Gasteiger partial charge in [0, 0.05) is 18.7 Å². The number of ether oxygens (including phenoxy) is 4. The summed E-state index contributed by atoms with van der Waals surface area (Å²) >= 11 is 1.44. The molecular weight excluding hydrogens is 442 g/mol. The minimum atomic E-state index is -0.306. The SMILES string of the molecule is CCn1c(-c2ccc3c(c2)OCCO3)cnc1SC(C)C(=O)NCc1ccc2c(c1)OCO2. The molecule has 0 saturated heterocycles. The van der Waals surface area contributed by atoms with Gasteiger partial charge >= 0.3 is 0 Å². The molecule has 2 aliphatic heterocycles. The van der Waals surface area contributed by atoms with E-state index < -0.39 is 0 Å². The van der Waals surface area contributed by atoms with Gasteiger partial charge in [0.1, 0.15) is 13.2 Å². The van der Waals surface area contributed by atoms with Crippen LogP contribution in [0.2, 0.25) is 0 Å². The third kappa shape index (κ3) is 4.45. The highest BCUT2D eigenvalue weighted by Gasteiger charge is 2.21. The topological polar surface area (TPSA) is 83.8 Å². The zero-order valence-electron chi connectivity index (χ0n) is 18.5. The smallest absolute Gasteiger partial charge is 0.233 e.